The third-order valence-corrected chi connectivity index (χ3v) is 6.35. The van der Waals surface area contributed by atoms with Crippen molar-refractivity contribution < 1.29 is 27.5 Å². The minimum Gasteiger partial charge on any atom is -0.497 e. The number of hydrogen-bond acceptors (Lipinski definition) is 6. The van der Waals surface area contributed by atoms with Crippen LogP contribution in [0.25, 0.3) is 0 Å². The maximum absolute atomic E-state index is 12.9. The van der Waals surface area contributed by atoms with Gasteiger partial charge in [0.2, 0.25) is 11.8 Å². The summed E-state index contributed by atoms with van der Waals surface area (Å²) in [6.45, 7) is 1.78. The molecule has 1 aliphatic carbocycles. The van der Waals surface area contributed by atoms with E-state index >= 15 is 0 Å². The summed E-state index contributed by atoms with van der Waals surface area (Å²) in [5, 5.41) is 5.18. The molecule has 2 aromatic rings. The molecular formula is C21H25N3O6S. The molecule has 0 aromatic heterocycles. The van der Waals surface area contributed by atoms with Crippen molar-refractivity contribution in [1.29, 1.82) is 0 Å². The van der Waals surface area contributed by atoms with Gasteiger partial charge in [-0.15, -0.1) is 0 Å². The molecule has 0 bridgehead atoms. The van der Waals surface area contributed by atoms with Crippen molar-refractivity contribution in [3.63, 3.8) is 0 Å². The van der Waals surface area contributed by atoms with Gasteiger partial charge in [0.05, 0.1) is 20.8 Å². The predicted octanol–water partition coefficient (Wildman–Crippen LogP) is 2.22. The molecule has 10 heteroatoms. The summed E-state index contributed by atoms with van der Waals surface area (Å²) < 4.78 is 38.5. The Hall–Kier alpha value is -3.27. The van der Waals surface area contributed by atoms with Gasteiger partial charge in [-0.3, -0.25) is 14.3 Å². The second kappa shape index (κ2) is 9.25. The molecule has 9 nitrogen and oxygen atoms in total. The highest BCUT2D eigenvalue weighted by molar-refractivity contribution is 7.92. The molecule has 166 valence electrons. The van der Waals surface area contributed by atoms with E-state index in [-0.39, 0.29) is 34.7 Å². The van der Waals surface area contributed by atoms with Gasteiger partial charge in [-0.05, 0) is 54.8 Å². The molecule has 3 N–H and O–H groups in total. The van der Waals surface area contributed by atoms with Gasteiger partial charge in [0.1, 0.15) is 16.4 Å². The van der Waals surface area contributed by atoms with Gasteiger partial charge in [-0.2, -0.15) is 0 Å². The van der Waals surface area contributed by atoms with E-state index in [1.54, 1.807) is 24.3 Å². The normalized spacial score (nSPS) is 17.4. The quantitative estimate of drug-likeness (QED) is 0.542. The topological polar surface area (TPSA) is 123 Å². The smallest absolute Gasteiger partial charge is 0.265 e. The Morgan fingerprint density at radius 2 is 1.68 bits per heavy atom. The van der Waals surface area contributed by atoms with E-state index < -0.39 is 15.9 Å². The molecule has 0 saturated heterocycles. The summed E-state index contributed by atoms with van der Waals surface area (Å²) in [7, 11) is -1.13. The van der Waals surface area contributed by atoms with Crippen LogP contribution in [0.15, 0.2) is 47.4 Å². The van der Waals surface area contributed by atoms with E-state index in [4.69, 9.17) is 9.47 Å². The number of carbonyl (C=O) groups excluding carboxylic acids is 2. The molecule has 3 rings (SSSR count). The van der Waals surface area contributed by atoms with Crippen LogP contribution in [0.4, 0.5) is 11.4 Å². The predicted molar refractivity (Wildman–Crippen MR) is 116 cm³/mol. The van der Waals surface area contributed by atoms with Gasteiger partial charge in [-0.25, -0.2) is 8.42 Å². The minimum absolute atomic E-state index is 0.0328. The van der Waals surface area contributed by atoms with Crippen LogP contribution in [-0.2, 0) is 19.6 Å². The Kier molecular flexibility index (Phi) is 6.69. The zero-order chi connectivity index (χ0) is 22.6. The summed E-state index contributed by atoms with van der Waals surface area (Å²) in [5.74, 6) is 0.413. The van der Waals surface area contributed by atoms with Gasteiger partial charge in [0.15, 0.2) is 0 Å². The number of hydrogen-bond donors (Lipinski definition) is 3. The fraction of sp³-hybridized carbons (Fsp3) is 0.333. The zero-order valence-corrected chi connectivity index (χ0v) is 18.3. The van der Waals surface area contributed by atoms with Crippen LogP contribution < -0.4 is 24.8 Å². The third-order valence-electron chi connectivity index (χ3n) is 4.95. The monoisotopic (exact) mass is 447 g/mol. The summed E-state index contributed by atoms with van der Waals surface area (Å²) >= 11 is 0. The van der Waals surface area contributed by atoms with Crippen molar-refractivity contribution >= 4 is 33.2 Å². The molecule has 2 amide bonds. The van der Waals surface area contributed by atoms with Crippen LogP contribution in [0, 0.1) is 11.8 Å². The van der Waals surface area contributed by atoms with E-state index in [0.29, 0.717) is 17.4 Å². The fourth-order valence-corrected chi connectivity index (χ4v) is 4.28. The second-order valence-electron chi connectivity index (χ2n) is 7.29. The average Bonchev–Trinajstić information content (AvgIpc) is 3.49. The standard InChI is InChI=1S/C21H25N3O6S/c1-13-10-17(13)21(26)22-12-20(25)23-15-6-9-18(30-3)19(11-15)31(27,28)24-14-4-7-16(29-2)8-5-14/h4-9,11,13,17,24H,10,12H2,1-3H3,(H,22,26)(H,23,25)/t13-,17-/m1/s1. The number of nitrogens with one attached hydrogen (secondary N) is 3. The van der Waals surface area contributed by atoms with Crippen molar-refractivity contribution in [1.82, 2.24) is 5.32 Å². The Balaban J connectivity index is 1.71. The van der Waals surface area contributed by atoms with Crippen LogP contribution in [0.2, 0.25) is 0 Å². The average molecular weight is 448 g/mol. The molecule has 1 aliphatic rings. The highest BCUT2D eigenvalue weighted by Crippen LogP contribution is 2.37. The first-order valence-corrected chi connectivity index (χ1v) is 11.1. The van der Waals surface area contributed by atoms with Crippen LogP contribution in [0.1, 0.15) is 13.3 Å². The van der Waals surface area contributed by atoms with Crippen LogP contribution >= 0.6 is 0 Å². The highest BCUT2D eigenvalue weighted by Gasteiger charge is 2.39. The lowest BCUT2D eigenvalue weighted by Gasteiger charge is -2.14. The minimum atomic E-state index is -4.01. The fourth-order valence-electron chi connectivity index (χ4n) is 3.02. The molecule has 1 fully saturated rings. The molecule has 0 heterocycles. The molecule has 1 saturated carbocycles. The lowest BCUT2D eigenvalue weighted by Crippen LogP contribution is -2.34. The number of methoxy groups -OCH3 is 2. The van der Waals surface area contributed by atoms with E-state index in [9.17, 15) is 18.0 Å². The number of carbonyl (C=O) groups is 2. The van der Waals surface area contributed by atoms with E-state index in [1.807, 2.05) is 6.92 Å². The molecule has 2 aromatic carbocycles. The van der Waals surface area contributed by atoms with Crippen molar-refractivity contribution in [3.05, 3.63) is 42.5 Å². The Morgan fingerprint density at radius 1 is 1.03 bits per heavy atom. The number of anilines is 2. The first kappa shape index (κ1) is 22.4. The van der Waals surface area contributed by atoms with Gasteiger partial charge in [0, 0.05) is 17.3 Å². The van der Waals surface area contributed by atoms with Crippen LogP contribution in [0.3, 0.4) is 0 Å². The van der Waals surface area contributed by atoms with Crippen LogP contribution in [0.5, 0.6) is 11.5 Å². The van der Waals surface area contributed by atoms with Crippen molar-refractivity contribution in [2.75, 3.05) is 30.8 Å². The van der Waals surface area contributed by atoms with Crippen molar-refractivity contribution in [3.8, 4) is 11.5 Å². The number of benzene rings is 2. The van der Waals surface area contributed by atoms with Crippen LogP contribution in [-0.4, -0.2) is 41.0 Å². The van der Waals surface area contributed by atoms with Crippen molar-refractivity contribution in [2.24, 2.45) is 11.8 Å². The largest absolute Gasteiger partial charge is 0.497 e. The number of sulfonamides is 1. The molecule has 31 heavy (non-hydrogen) atoms. The first-order chi connectivity index (χ1) is 14.7. The summed E-state index contributed by atoms with van der Waals surface area (Å²) in [6.07, 6.45) is 0.828. The molecule has 0 spiro atoms. The molecule has 2 atom stereocenters. The summed E-state index contributed by atoms with van der Waals surface area (Å²) in [5.41, 5.74) is 0.601. The lowest BCUT2D eigenvalue weighted by molar-refractivity contribution is -0.125. The maximum atomic E-state index is 12.9. The van der Waals surface area contributed by atoms with Gasteiger partial charge >= 0.3 is 0 Å². The van der Waals surface area contributed by atoms with E-state index in [2.05, 4.69) is 15.4 Å². The SMILES string of the molecule is COc1ccc(NS(=O)(=O)c2cc(NC(=O)CNC(=O)[C@@H]3C[C@H]3C)ccc2OC)cc1. The lowest BCUT2D eigenvalue weighted by atomic mass is 10.3. The number of amides is 2. The second-order valence-corrected chi connectivity index (χ2v) is 8.94. The third kappa shape index (κ3) is 5.66. The molecule has 0 unspecified atom stereocenters. The van der Waals surface area contributed by atoms with Gasteiger partial charge < -0.3 is 20.1 Å². The van der Waals surface area contributed by atoms with Crippen molar-refractivity contribution in [2.45, 2.75) is 18.2 Å². The van der Waals surface area contributed by atoms with Gasteiger partial charge in [0.25, 0.3) is 10.0 Å². The Bertz CT molecular complexity index is 1070. The summed E-state index contributed by atoms with van der Waals surface area (Å²) in [6, 6.07) is 10.7. The maximum Gasteiger partial charge on any atom is 0.265 e. The zero-order valence-electron chi connectivity index (χ0n) is 17.5. The molecule has 0 aliphatic heterocycles. The van der Waals surface area contributed by atoms with Gasteiger partial charge in [-0.1, -0.05) is 6.92 Å². The Labute approximate surface area is 181 Å². The molecular weight excluding hydrogens is 422 g/mol. The Morgan fingerprint density at radius 3 is 2.26 bits per heavy atom. The van der Waals surface area contributed by atoms with E-state index in [0.717, 1.165) is 6.42 Å². The molecule has 0 radical (unpaired) electrons. The summed E-state index contributed by atoms with van der Waals surface area (Å²) in [4.78, 5) is 23.9. The number of ether oxygens (including phenoxy) is 2. The first-order valence-electron chi connectivity index (χ1n) is 9.66. The van der Waals surface area contributed by atoms with E-state index in [1.165, 1.54) is 32.4 Å². The highest BCUT2D eigenvalue weighted by atomic mass is 32.2. The number of rotatable bonds is 9.